The van der Waals surface area contributed by atoms with E-state index >= 15 is 4.39 Å². The van der Waals surface area contributed by atoms with Gasteiger partial charge in [0.05, 0.1) is 6.61 Å². The number of rotatable bonds is 10. The van der Waals surface area contributed by atoms with Crippen LogP contribution in [0.2, 0.25) is 0 Å². The Bertz CT molecular complexity index is 554. The van der Waals surface area contributed by atoms with E-state index < -0.39 is 5.79 Å². The maximum Gasteiger partial charge on any atom is 0.168 e. The van der Waals surface area contributed by atoms with E-state index in [0.717, 1.165) is 23.3 Å². The summed E-state index contributed by atoms with van der Waals surface area (Å²) in [4.78, 5) is 1.86. The van der Waals surface area contributed by atoms with Crippen LogP contribution < -0.4 is 5.73 Å². The molecule has 1 fully saturated rings. The van der Waals surface area contributed by atoms with Crippen LogP contribution in [0.15, 0.2) is 48.3 Å². The molecule has 0 aromatic rings. The lowest BCUT2D eigenvalue weighted by molar-refractivity contribution is -0.0541. The van der Waals surface area contributed by atoms with E-state index in [1.54, 1.807) is 0 Å². The molecule has 148 valence electrons. The summed E-state index contributed by atoms with van der Waals surface area (Å²) >= 11 is 0. The van der Waals surface area contributed by atoms with Crippen molar-refractivity contribution >= 4 is 0 Å². The Morgan fingerprint density at radius 2 is 2.12 bits per heavy atom. The van der Waals surface area contributed by atoms with Gasteiger partial charge in [0.2, 0.25) is 0 Å². The molecule has 0 aromatic heterocycles. The first-order chi connectivity index (χ1) is 12.2. The van der Waals surface area contributed by atoms with Gasteiger partial charge in [-0.3, -0.25) is 4.90 Å². The Hall–Kier alpha value is -1.39. The molecule has 2 N–H and O–H groups in total. The maximum atomic E-state index is 15.6. The molecule has 0 aromatic carbocycles. The molecule has 4 atom stereocenters. The van der Waals surface area contributed by atoms with E-state index in [0.29, 0.717) is 26.1 Å². The molecule has 0 radical (unpaired) electrons. The van der Waals surface area contributed by atoms with E-state index in [9.17, 15) is 0 Å². The van der Waals surface area contributed by atoms with Crippen molar-refractivity contribution in [3.05, 3.63) is 48.3 Å². The van der Waals surface area contributed by atoms with E-state index in [1.165, 1.54) is 0 Å². The topological polar surface area (TPSA) is 38.5 Å². The number of allylic oxidation sites excluding steroid dienone is 3. The second-order valence-corrected chi connectivity index (χ2v) is 7.19. The number of likely N-dealkylation sites (N-methyl/N-ethyl adjacent to an activating group) is 1. The van der Waals surface area contributed by atoms with Crippen LogP contribution in [0.1, 0.15) is 47.5 Å². The number of nitrogens with zero attached hydrogens (tertiary/aromatic N) is 1. The fourth-order valence-electron chi connectivity index (χ4n) is 3.72. The van der Waals surface area contributed by atoms with Crippen molar-refractivity contribution in [3.63, 3.8) is 0 Å². The van der Waals surface area contributed by atoms with Gasteiger partial charge in [-0.15, -0.1) is 6.58 Å². The third-order valence-corrected chi connectivity index (χ3v) is 5.54. The highest BCUT2D eigenvalue weighted by molar-refractivity contribution is 5.35. The third-order valence-electron chi connectivity index (χ3n) is 5.54. The summed E-state index contributed by atoms with van der Waals surface area (Å²) < 4.78 is 21.4. The normalized spacial score (nSPS) is 28.3. The molecule has 0 bridgehead atoms. The predicted molar refractivity (Wildman–Crippen MR) is 109 cm³/mol. The highest BCUT2D eigenvalue weighted by atomic mass is 19.1. The molecule has 0 saturated heterocycles. The van der Waals surface area contributed by atoms with Gasteiger partial charge in [-0.05, 0) is 50.5 Å². The average Bonchev–Trinajstić information content (AvgIpc) is 2.88. The minimum atomic E-state index is -1.37. The molecule has 1 aliphatic carbocycles. The Morgan fingerprint density at radius 3 is 2.54 bits per heavy atom. The van der Waals surface area contributed by atoms with Gasteiger partial charge in [0.25, 0.3) is 0 Å². The van der Waals surface area contributed by atoms with Crippen molar-refractivity contribution in [1.29, 1.82) is 0 Å². The van der Waals surface area contributed by atoms with Gasteiger partial charge in [0.1, 0.15) is 5.76 Å². The summed E-state index contributed by atoms with van der Waals surface area (Å²) in [5.74, 6) is -0.590. The van der Waals surface area contributed by atoms with Gasteiger partial charge < -0.3 is 10.5 Å². The first kappa shape index (κ1) is 22.7. The Morgan fingerprint density at radius 1 is 1.46 bits per heavy atom. The summed E-state index contributed by atoms with van der Waals surface area (Å²) in [6.45, 7) is 19.6. The molecule has 0 spiro atoms. The number of ether oxygens (including phenoxy) is 1. The van der Waals surface area contributed by atoms with Crippen molar-refractivity contribution in [2.24, 2.45) is 17.6 Å². The first-order valence-corrected chi connectivity index (χ1v) is 9.75. The highest BCUT2D eigenvalue weighted by Gasteiger charge is 2.48. The number of alkyl halides is 1. The van der Waals surface area contributed by atoms with Crippen LogP contribution in [-0.4, -0.2) is 36.4 Å². The van der Waals surface area contributed by atoms with Crippen LogP contribution in [0.3, 0.4) is 0 Å². The van der Waals surface area contributed by atoms with E-state index in [1.807, 2.05) is 50.8 Å². The van der Waals surface area contributed by atoms with Gasteiger partial charge in [-0.1, -0.05) is 39.5 Å². The average molecular weight is 365 g/mol. The van der Waals surface area contributed by atoms with E-state index in [4.69, 9.17) is 10.5 Å². The lowest BCUT2D eigenvalue weighted by Crippen LogP contribution is -2.50. The second kappa shape index (κ2) is 10.1. The van der Waals surface area contributed by atoms with Crippen LogP contribution >= 0.6 is 0 Å². The molecule has 1 rings (SSSR count). The molecule has 0 heterocycles. The highest BCUT2D eigenvalue weighted by Crippen LogP contribution is 2.41. The number of nitrogens with two attached hydrogens (primary N) is 1. The van der Waals surface area contributed by atoms with Gasteiger partial charge in [0.15, 0.2) is 5.79 Å². The maximum absolute atomic E-state index is 15.6. The predicted octanol–water partition coefficient (Wildman–Crippen LogP) is 4.98. The van der Waals surface area contributed by atoms with Crippen molar-refractivity contribution in [3.8, 4) is 0 Å². The summed E-state index contributed by atoms with van der Waals surface area (Å²) in [6, 6.07) is -0.0834. The quantitative estimate of drug-likeness (QED) is 0.257. The molecule has 0 aliphatic heterocycles. The standard InChI is InChI=1S/C22H37FN2O/c1-8-17(6)19(9-2)21(26-11-4)14-16(5)15-25(10-3)22(23)13-12-20(24)18(22)7/h8-9,14,17-18,20H,1,5,10-13,15,24H2,2-4,6-7H3/b19-9?,21-14+. The summed E-state index contributed by atoms with van der Waals surface area (Å²) in [5, 5.41) is 0. The lowest BCUT2D eigenvalue weighted by Gasteiger charge is -2.38. The minimum absolute atomic E-state index is 0.0834. The summed E-state index contributed by atoms with van der Waals surface area (Å²) in [5.41, 5.74) is 7.96. The molecule has 0 amide bonds. The number of hydrogen-bond donors (Lipinski definition) is 1. The SMILES string of the molecule is C=CC(C)C(=CC)/C(=C\C(=C)CN(CC)C1(F)CCC(N)C1C)OCC. The fourth-order valence-corrected chi connectivity index (χ4v) is 3.72. The van der Waals surface area contributed by atoms with E-state index in [2.05, 4.69) is 20.1 Å². The van der Waals surface area contributed by atoms with Gasteiger partial charge in [-0.25, -0.2) is 4.39 Å². The molecular weight excluding hydrogens is 327 g/mol. The van der Waals surface area contributed by atoms with Crippen molar-refractivity contribution in [2.45, 2.75) is 59.3 Å². The summed E-state index contributed by atoms with van der Waals surface area (Å²) in [7, 11) is 0. The monoisotopic (exact) mass is 364 g/mol. The zero-order valence-electron chi connectivity index (χ0n) is 17.2. The van der Waals surface area contributed by atoms with Crippen molar-refractivity contribution < 1.29 is 9.13 Å². The van der Waals surface area contributed by atoms with Gasteiger partial charge in [-0.2, -0.15) is 0 Å². The largest absolute Gasteiger partial charge is 0.494 e. The molecule has 4 unspecified atom stereocenters. The van der Waals surface area contributed by atoms with Crippen LogP contribution in [0, 0.1) is 11.8 Å². The van der Waals surface area contributed by atoms with Crippen molar-refractivity contribution in [1.82, 2.24) is 4.90 Å². The fraction of sp³-hybridized carbons (Fsp3) is 0.636. The second-order valence-electron chi connectivity index (χ2n) is 7.19. The summed E-state index contributed by atoms with van der Waals surface area (Å²) in [6.07, 6.45) is 7.06. The Kier molecular flexibility index (Phi) is 8.78. The van der Waals surface area contributed by atoms with Crippen LogP contribution in [0.4, 0.5) is 4.39 Å². The van der Waals surface area contributed by atoms with Crippen LogP contribution in [0.25, 0.3) is 0 Å². The smallest absolute Gasteiger partial charge is 0.168 e. The molecule has 4 heteroatoms. The minimum Gasteiger partial charge on any atom is -0.494 e. The molecule has 1 saturated carbocycles. The molecular formula is C22H37FN2O. The number of hydrogen-bond acceptors (Lipinski definition) is 3. The van der Waals surface area contributed by atoms with Crippen LogP contribution in [0.5, 0.6) is 0 Å². The van der Waals surface area contributed by atoms with Gasteiger partial charge in [0, 0.05) is 24.4 Å². The zero-order chi connectivity index (χ0) is 19.9. The molecule has 26 heavy (non-hydrogen) atoms. The van der Waals surface area contributed by atoms with Crippen LogP contribution in [-0.2, 0) is 4.74 Å². The lowest BCUT2D eigenvalue weighted by atomic mass is 9.96. The molecule has 1 aliphatic rings. The Labute approximate surface area is 159 Å². The van der Waals surface area contributed by atoms with E-state index in [-0.39, 0.29) is 17.9 Å². The molecule has 3 nitrogen and oxygen atoms in total. The van der Waals surface area contributed by atoms with Crippen molar-refractivity contribution in [2.75, 3.05) is 19.7 Å². The zero-order valence-corrected chi connectivity index (χ0v) is 17.2. The number of halogens is 1. The first-order valence-electron chi connectivity index (χ1n) is 9.75. The van der Waals surface area contributed by atoms with Gasteiger partial charge >= 0.3 is 0 Å². The Balaban J connectivity index is 3.01. The third kappa shape index (κ3) is 5.08.